The monoisotopic (exact) mass is 252 g/mol. The predicted molar refractivity (Wildman–Crippen MR) is 79.1 cm³/mol. The summed E-state index contributed by atoms with van der Waals surface area (Å²) in [5, 5.41) is 0. The fourth-order valence-corrected chi connectivity index (χ4v) is 3.00. The van der Waals surface area contributed by atoms with E-state index in [-0.39, 0.29) is 0 Å². The number of hydrogen-bond donors (Lipinski definition) is 1. The van der Waals surface area contributed by atoms with E-state index in [1.165, 1.54) is 16.7 Å². The van der Waals surface area contributed by atoms with Gasteiger partial charge in [-0.3, -0.25) is 4.90 Å². The third kappa shape index (κ3) is 2.55. The van der Waals surface area contributed by atoms with E-state index in [0.29, 0.717) is 5.92 Å². The average Bonchev–Trinajstić information content (AvgIpc) is 2.48. The van der Waals surface area contributed by atoms with Gasteiger partial charge in [0.2, 0.25) is 0 Å². The Labute approximate surface area is 114 Å². The van der Waals surface area contributed by atoms with Crippen LogP contribution in [0.1, 0.15) is 22.6 Å². The number of rotatable bonds is 3. The van der Waals surface area contributed by atoms with Gasteiger partial charge in [-0.2, -0.15) is 0 Å². The van der Waals surface area contributed by atoms with Crippen molar-refractivity contribution >= 4 is 0 Å². The molecule has 3 rings (SSSR count). The van der Waals surface area contributed by atoms with E-state index in [0.717, 1.165) is 26.2 Å². The van der Waals surface area contributed by atoms with Crippen molar-refractivity contribution in [1.29, 1.82) is 0 Å². The van der Waals surface area contributed by atoms with Gasteiger partial charge >= 0.3 is 0 Å². The molecule has 19 heavy (non-hydrogen) atoms. The van der Waals surface area contributed by atoms with Crippen LogP contribution in [0.3, 0.4) is 0 Å². The molecule has 1 atom stereocenters. The van der Waals surface area contributed by atoms with E-state index in [1.54, 1.807) is 0 Å². The van der Waals surface area contributed by atoms with Gasteiger partial charge in [0.25, 0.3) is 0 Å². The summed E-state index contributed by atoms with van der Waals surface area (Å²) in [6.07, 6.45) is 0. The molecule has 0 amide bonds. The summed E-state index contributed by atoms with van der Waals surface area (Å²) in [7, 11) is 0. The summed E-state index contributed by atoms with van der Waals surface area (Å²) < 4.78 is 0. The first-order chi connectivity index (χ1) is 9.38. The van der Waals surface area contributed by atoms with Crippen LogP contribution in [-0.4, -0.2) is 24.5 Å². The van der Waals surface area contributed by atoms with Gasteiger partial charge in [-0.25, -0.2) is 0 Å². The van der Waals surface area contributed by atoms with E-state index in [9.17, 15) is 0 Å². The SMILES string of the molecule is NCCN1Cc2ccccc2C(c2ccccc2)C1. The molecular weight excluding hydrogens is 232 g/mol. The van der Waals surface area contributed by atoms with Gasteiger partial charge in [0.05, 0.1) is 0 Å². The average molecular weight is 252 g/mol. The topological polar surface area (TPSA) is 29.3 Å². The number of hydrogen-bond acceptors (Lipinski definition) is 2. The second-order valence-electron chi connectivity index (χ2n) is 5.19. The zero-order chi connectivity index (χ0) is 13.1. The molecule has 1 aliphatic heterocycles. The minimum Gasteiger partial charge on any atom is -0.329 e. The Bertz CT molecular complexity index is 536. The van der Waals surface area contributed by atoms with Crippen LogP contribution in [0.25, 0.3) is 0 Å². The highest BCUT2D eigenvalue weighted by Gasteiger charge is 2.25. The quantitative estimate of drug-likeness (QED) is 0.909. The van der Waals surface area contributed by atoms with Crippen molar-refractivity contribution in [1.82, 2.24) is 4.90 Å². The van der Waals surface area contributed by atoms with Crippen molar-refractivity contribution in [3.05, 3.63) is 71.3 Å². The maximum atomic E-state index is 5.72. The molecule has 0 fully saturated rings. The molecule has 0 spiro atoms. The van der Waals surface area contributed by atoms with Crippen LogP contribution in [0.5, 0.6) is 0 Å². The Morgan fingerprint density at radius 1 is 1.00 bits per heavy atom. The van der Waals surface area contributed by atoms with Crippen LogP contribution in [0, 0.1) is 0 Å². The molecule has 1 unspecified atom stereocenters. The lowest BCUT2D eigenvalue weighted by Crippen LogP contribution is -2.37. The smallest absolute Gasteiger partial charge is 0.0237 e. The van der Waals surface area contributed by atoms with E-state index >= 15 is 0 Å². The van der Waals surface area contributed by atoms with Gasteiger partial charge in [-0.15, -0.1) is 0 Å². The van der Waals surface area contributed by atoms with E-state index < -0.39 is 0 Å². The number of nitrogens with zero attached hydrogens (tertiary/aromatic N) is 1. The highest BCUT2D eigenvalue weighted by molar-refractivity contribution is 5.40. The molecule has 98 valence electrons. The minimum absolute atomic E-state index is 0.470. The number of nitrogens with two attached hydrogens (primary N) is 1. The van der Waals surface area contributed by atoms with Crippen molar-refractivity contribution in [3.63, 3.8) is 0 Å². The Hall–Kier alpha value is -1.64. The van der Waals surface area contributed by atoms with Gasteiger partial charge in [0.15, 0.2) is 0 Å². The number of benzene rings is 2. The van der Waals surface area contributed by atoms with Crippen LogP contribution in [-0.2, 0) is 6.54 Å². The Morgan fingerprint density at radius 2 is 1.74 bits per heavy atom. The molecule has 0 saturated heterocycles. The third-order valence-electron chi connectivity index (χ3n) is 3.91. The van der Waals surface area contributed by atoms with Crippen LogP contribution in [0.2, 0.25) is 0 Å². The van der Waals surface area contributed by atoms with Gasteiger partial charge < -0.3 is 5.73 Å². The normalized spacial score (nSPS) is 19.1. The molecule has 2 N–H and O–H groups in total. The number of fused-ring (bicyclic) bond motifs is 1. The first kappa shape index (κ1) is 12.4. The maximum Gasteiger partial charge on any atom is 0.0237 e. The van der Waals surface area contributed by atoms with E-state index in [2.05, 4.69) is 59.5 Å². The third-order valence-corrected chi connectivity index (χ3v) is 3.91. The molecule has 1 heterocycles. The van der Waals surface area contributed by atoms with Crippen molar-refractivity contribution in [3.8, 4) is 0 Å². The molecule has 2 aromatic rings. The first-order valence-electron chi connectivity index (χ1n) is 6.93. The molecule has 0 saturated carbocycles. The molecule has 1 aliphatic rings. The fourth-order valence-electron chi connectivity index (χ4n) is 3.00. The zero-order valence-electron chi connectivity index (χ0n) is 11.1. The predicted octanol–water partition coefficient (Wildman–Crippen LogP) is 2.59. The van der Waals surface area contributed by atoms with Crippen LogP contribution in [0.15, 0.2) is 54.6 Å². The molecule has 2 heteroatoms. The highest BCUT2D eigenvalue weighted by Crippen LogP contribution is 2.32. The summed E-state index contributed by atoms with van der Waals surface area (Å²) in [5.41, 5.74) is 10.0. The maximum absolute atomic E-state index is 5.72. The standard InChI is InChI=1S/C17H20N2/c18-10-11-19-12-15-8-4-5-9-16(15)17(13-19)14-6-2-1-3-7-14/h1-9,17H,10-13,18H2. The summed E-state index contributed by atoms with van der Waals surface area (Å²) in [6.45, 7) is 3.79. The van der Waals surface area contributed by atoms with E-state index in [4.69, 9.17) is 5.73 Å². The van der Waals surface area contributed by atoms with Gasteiger partial charge in [-0.1, -0.05) is 54.6 Å². The van der Waals surface area contributed by atoms with E-state index in [1.807, 2.05) is 0 Å². The Balaban J connectivity index is 1.98. The lowest BCUT2D eigenvalue weighted by Gasteiger charge is -2.34. The summed E-state index contributed by atoms with van der Waals surface area (Å²) in [5.74, 6) is 0.470. The van der Waals surface area contributed by atoms with Crippen molar-refractivity contribution in [2.24, 2.45) is 5.73 Å². The molecule has 0 aliphatic carbocycles. The molecular formula is C17H20N2. The van der Waals surface area contributed by atoms with Crippen molar-refractivity contribution in [2.45, 2.75) is 12.5 Å². The summed E-state index contributed by atoms with van der Waals surface area (Å²) >= 11 is 0. The van der Waals surface area contributed by atoms with Crippen molar-refractivity contribution < 1.29 is 0 Å². The Kier molecular flexibility index (Phi) is 3.62. The lowest BCUT2D eigenvalue weighted by atomic mass is 9.85. The molecule has 2 nitrogen and oxygen atoms in total. The summed E-state index contributed by atoms with van der Waals surface area (Å²) in [4.78, 5) is 2.46. The Morgan fingerprint density at radius 3 is 2.53 bits per heavy atom. The first-order valence-corrected chi connectivity index (χ1v) is 6.93. The van der Waals surface area contributed by atoms with Crippen LogP contribution in [0.4, 0.5) is 0 Å². The second-order valence-corrected chi connectivity index (χ2v) is 5.19. The molecule has 0 bridgehead atoms. The van der Waals surface area contributed by atoms with Crippen molar-refractivity contribution in [2.75, 3.05) is 19.6 Å². The molecule has 0 radical (unpaired) electrons. The lowest BCUT2D eigenvalue weighted by molar-refractivity contribution is 0.247. The molecule has 0 aromatic heterocycles. The van der Waals surface area contributed by atoms with Gasteiger partial charge in [0.1, 0.15) is 0 Å². The molecule has 2 aromatic carbocycles. The highest BCUT2D eigenvalue weighted by atomic mass is 15.1. The minimum atomic E-state index is 0.470. The van der Waals surface area contributed by atoms with Crippen LogP contribution < -0.4 is 5.73 Å². The van der Waals surface area contributed by atoms with Gasteiger partial charge in [-0.05, 0) is 16.7 Å². The largest absolute Gasteiger partial charge is 0.329 e. The summed E-state index contributed by atoms with van der Waals surface area (Å²) in [6, 6.07) is 19.6. The van der Waals surface area contributed by atoms with Crippen LogP contribution >= 0.6 is 0 Å². The zero-order valence-corrected chi connectivity index (χ0v) is 11.1. The fraction of sp³-hybridized carbons (Fsp3) is 0.294. The second kappa shape index (κ2) is 5.55. The van der Waals surface area contributed by atoms with Gasteiger partial charge in [0, 0.05) is 32.1 Å².